The highest BCUT2D eigenvalue weighted by molar-refractivity contribution is 5.60. The highest BCUT2D eigenvalue weighted by Crippen LogP contribution is 2.36. The Labute approximate surface area is 90.5 Å². The number of hydrogen-bond donors (Lipinski definition) is 1. The van der Waals surface area contributed by atoms with Gasteiger partial charge in [-0.2, -0.15) is 0 Å². The fraction of sp³-hybridized carbons (Fsp3) is 0.583. The molecule has 0 bridgehead atoms. The highest BCUT2D eigenvalue weighted by Gasteiger charge is 2.32. The molecular formula is C12H17N3. The van der Waals surface area contributed by atoms with Crippen LogP contribution in [0.15, 0.2) is 12.1 Å². The largest absolute Gasteiger partial charge is 0.383 e. The first-order chi connectivity index (χ1) is 7.17. The van der Waals surface area contributed by atoms with Gasteiger partial charge in [-0.25, -0.2) is 4.98 Å². The number of anilines is 2. The second kappa shape index (κ2) is 2.87. The quantitative estimate of drug-likeness (QED) is 0.756. The van der Waals surface area contributed by atoms with Crippen molar-refractivity contribution >= 4 is 11.5 Å². The Morgan fingerprint density at radius 1 is 1.33 bits per heavy atom. The lowest BCUT2D eigenvalue weighted by Crippen LogP contribution is -2.37. The molecular weight excluding hydrogens is 186 g/mol. The van der Waals surface area contributed by atoms with Gasteiger partial charge in [0.25, 0.3) is 0 Å². The maximum absolute atomic E-state index is 4.79. The van der Waals surface area contributed by atoms with Gasteiger partial charge in [0.1, 0.15) is 5.82 Å². The Morgan fingerprint density at radius 3 is 2.80 bits per heavy atom. The van der Waals surface area contributed by atoms with Crippen LogP contribution in [-0.4, -0.2) is 24.6 Å². The third-order valence-electron chi connectivity index (χ3n) is 3.42. The molecule has 1 fully saturated rings. The van der Waals surface area contributed by atoms with Crippen molar-refractivity contribution in [1.82, 2.24) is 4.98 Å². The van der Waals surface area contributed by atoms with Gasteiger partial charge in [-0.1, -0.05) is 13.8 Å². The van der Waals surface area contributed by atoms with Gasteiger partial charge in [0.05, 0.1) is 11.4 Å². The third-order valence-corrected chi connectivity index (χ3v) is 3.42. The molecule has 0 unspecified atom stereocenters. The second-order valence-electron chi connectivity index (χ2n) is 5.14. The highest BCUT2D eigenvalue weighted by atomic mass is 15.2. The topological polar surface area (TPSA) is 28.2 Å². The minimum Gasteiger partial charge on any atom is -0.383 e. The van der Waals surface area contributed by atoms with Gasteiger partial charge in [0.15, 0.2) is 0 Å². The van der Waals surface area contributed by atoms with Crippen molar-refractivity contribution in [3.8, 4) is 0 Å². The van der Waals surface area contributed by atoms with E-state index < -0.39 is 0 Å². The lowest BCUT2D eigenvalue weighted by molar-refractivity contribution is 0.561. The molecule has 1 saturated heterocycles. The van der Waals surface area contributed by atoms with Crippen LogP contribution in [-0.2, 0) is 5.41 Å². The SMILES string of the molecule is CC1(C)CNc2ccc(N3CCC3)nc21. The van der Waals surface area contributed by atoms with Crippen LogP contribution in [0.4, 0.5) is 11.5 Å². The van der Waals surface area contributed by atoms with E-state index in [-0.39, 0.29) is 5.41 Å². The lowest BCUT2D eigenvalue weighted by atomic mass is 9.91. The third kappa shape index (κ3) is 1.29. The number of rotatable bonds is 1. The number of nitrogens with one attached hydrogen (secondary N) is 1. The van der Waals surface area contributed by atoms with E-state index in [1.54, 1.807) is 0 Å². The van der Waals surface area contributed by atoms with Gasteiger partial charge in [-0.05, 0) is 18.6 Å². The van der Waals surface area contributed by atoms with E-state index in [2.05, 4.69) is 36.2 Å². The van der Waals surface area contributed by atoms with Crippen molar-refractivity contribution in [2.45, 2.75) is 25.7 Å². The van der Waals surface area contributed by atoms with Gasteiger partial charge in [0, 0.05) is 25.0 Å². The summed E-state index contributed by atoms with van der Waals surface area (Å²) in [5.74, 6) is 1.15. The number of nitrogens with zero attached hydrogens (tertiary/aromatic N) is 2. The van der Waals surface area contributed by atoms with Crippen LogP contribution in [0.2, 0.25) is 0 Å². The Hall–Kier alpha value is -1.25. The molecule has 0 saturated carbocycles. The molecule has 2 aliphatic heterocycles. The number of pyridine rings is 1. The zero-order chi connectivity index (χ0) is 10.5. The molecule has 0 aromatic carbocycles. The van der Waals surface area contributed by atoms with Crippen LogP contribution in [0, 0.1) is 0 Å². The van der Waals surface area contributed by atoms with Crippen molar-refractivity contribution in [2.75, 3.05) is 29.9 Å². The summed E-state index contributed by atoms with van der Waals surface area (Å²) in [6.45, 7) is 7.83. The summed E-state index contributed by atoms with van der Waals surface area (Å²) in [6.07, 6.45) is 1.31. The van der Waals surface area contributed by atoms with Crippen molar-refractivity contribution in [2.24, 2.45) is 0 Å². The summed E-state index contributed by atoms with van der Waals surface area (Å²) in [4.78, 5) is 7.13. The molecule has 15 heavy (non-hydrogen) atoms. The Bertz CT molecular complexity index is 394. The van der Waals surface area contributed by atoms with E-state index in [1.165, 1.54) is 30.9 Å². The van der Waals surface area contributed by atoms with Gasteiger partial charge in [-0.15, -0.1) is 0 Å². The molecule has 0 aliphatic carbocycles. The smallest absolute Gasteiger partial charge is 0.128 e. The maximum atomic E-state index is 4.79. The first-order valence-corrected chi connectivity index (χ1v) is 5.67. The zero-order valence-electron chi connectivity index (χ0n) is 9.38. The average Bonchev–Trinajstić information content (AvgIpc) is 2.40. The molecule has 0 radical (unpaired) electrons. The van der Waals surface area contributed by atoms with E-state index in [1.807, 2.05) is 0 Å². The molecule has 1 N–H and O–H groups in total. The summed E-state index contributed by atoms with van der Waals surface area (Å²) in [6, 6.07) is 4.30. The predicted molar refractivity (Wildman–Crippen MR) is 62.6 cm³/mol. The molecule has 3 rings (SSSR count). The first kappa shape index (κ1) is 9.01. The standard InChI is InChI=1S/C12H17N3/c1-12(2)8-13-9-4-5-10(14-11(9)12)15-6-3-7-15/h4-5,13H,3,6-8H2,1-2H3. The number of hydrogen-bond acceptors (Lipinski definition) is 3. The molecule has 2 aliphatic rings. The molecule has 0 atom stereocenters. The summed E-state index contributed by atoms with van der Waals surface area (Å²) in [7, 11) is 0. The van der Waals surface area contributed by atoms with Crippen LogP contribution >= 0.6 is 0 Å². The fourth-order valence-electron chi connectivity index (χ4n) is 2.23. The van der Waals surface area contributed by atoms with Crippen molar-refractivity contribution < 1.29 is 0 Å². The van der Waals surface area contributed by atoms with Gasteiger partial charge in [0.2, 0.25) is 0 Å². The predicted octanol–water partition coefficient (Wildman–Crippen LogP) is 1.99. The van der Waals surface area contributed by atoms with Gasteiger partial charge < -0.3 is 10.2 Å². The van der Waals surface area contributed by atoms with Crippen LogP contribution < -0.4 is 10.2 Å². The Kier molecular flexibility index (Phi) is 1.73. The molecule has 3 heterocycles. The summed E-state index contributed by atoms with van der Waals surface area (Å²) >= 11 is 0. The minimum absolute atomic E-state index is 0.177. The van der Waals surface area contributed by atoms with E-state index in [9.17, 15) is 0 Å². The van der Waals surface area contributed by atoms with E-state index in [0.717, 1.165) is 12.4 Å². The van der Waals surface area contributed by atoms with Crippen molar-refractivity contribution in [3.63, 3.8) is 0 Å². The second-order valence-corrected chi connectivity index (χ2v) is 5.14. The monoisotopic (exact) mass is 203 g/mol. The molecule has 0 amide bonds. The summed E-state index contributed by atoms with van der Waals surface area (Å²) < 4.78 is 0. The van der Waals surface area contributed by atoms with Crippen LogP contribution in [0.1, 0.15) is 26.0 Å². The van der Waals surface area contributed by atoms with Crippen molar-refractivity contribution in [3.05, 3.63) is 17.8 Å². The minimum atomic E-state index is 0.177. The Balaban J connectivity index is 2.01. The molecule has 80 valence electrons. The van der Waals surface area contributed by atoms with Crippen LogP contribution in [0.5, 0.6) is 0 Å². The van der Waals surface area contributed by atoms with Gasteiger partial charge >= 0.3 is 0 Å². The number of fused-ring (bicyclic) bond motifs is 1. The average molecular weight is 203 g/mol. The maximum Gasteiger partial charge on any atom is 0.128 e. The summed E-state index contributed by atoms with van der Waals surface area (Å²) in [5, 5.41) is 3.41. The van der Waals surface area contributed by atoms with E-state index in [0.29, 0.717) is 0 Å². The zero-order valence-corrected chi connectivity index (χ0v) is 9.38. The lowest BCUT2D eigenvalue weighted by Gasteiger charge is -2.32. The molecule has 0 spiro atoms. The molecule has 1 aromatic rings. The van der Waals surface area contributed by atoms with Crippen molar-refractivity contribution in [1.29, 1.82) is 0 Å². The molecule has 3 heteroatoms. The molecule has 3 nitrogen and oxygen atoms in total. The van der Waals surface area contributed by atoms with Crippen LogP contribution in [0.3, 0.4) is 0 Å². The van der Waals surface area contributed by atoms with Crippen LogP contribution in [0.25, 0.3) is 0 Å². The first-order valence-electron chi connectivity index (χ1n) is 5.67. The van der Waals surface area contributed by atoms with E-state index in [4.69, 9.17) is 4.98 Å². The van der Waals surface area contributed by atoms with Gasteiger partial charge in [-0.3, -0.25) is 0 Å². The molecule has 1 aromatic heterocycles. The van der Waals surface area contributed by atoms with E-state index >= 15 is 0 Å². The number of aromatic nitrogens is 1. The summed E-state index contributed by atoms with van der Waals surface area (Å²) in [5.41, 5.74) is 2.62. The fourth-order valence-corrected chi connectivity index (χ4v) is 2.23. The normalized spacial score (nSPS) is 21.9. The Morgan fingerprint density at radius 2 is 2.13 bits per heavy atom.